The highest BCUT2D eigenvalue weighted by Gasteiger charge is 2.26. The lowest BCUT2D eigenvalue weighted by Gasteiger charge is -2.14. The van der Waals surface area contributed by atoms with Gasteiger partial charge in [-0.2, -0.15) is 0 Å². The van der Waals surface area contributed by atoms with Gasteiger partial charge in [-0.25, -0.2) is 4.39 Å². The van der Waals surface area contributed by atoms with E-state index in [4.69, 9.17) is 0 Å². The molecule has 2 aromatic carbocycles. The van der Waals surface area contributed by atoms with E-state index in [0.717, 1.165) is 11.1 Å². The van der Waals surface area contributed by atoms with Gasteiger partial charge in [0, 0.05) is 31.5 Å². The maximum atomic E-state index is 13.3. The zero-order valence-corrected chi connectivity index (χ0v) is 15.7. The number of hydrogen-bond donors (Lipinski definition) is 1. The number of nitrogens with one attached hydrogen (secondary N) is 1. The standard InChI is InChI=1S/C20H17FN4O2S/c21-15-6-3-4-13(10-15)11-18-23-24-20(28-18)22-17(26)8-9-25-12-14-5-1-2-7-16(14)19(25)27/h1-7,10H,8-9,11-12H2,(H,22,24,26). The summed E-state index contributed by atoms with van der Waals surface area (Å²) in [5, 5.41) is 11.8. The predicted molar refractivity (Wildman–Crippen MR) is 104 cm³/mol. The number of anilines is 1. The van der Waals surface area contributed by atoms with Gasteiger partial charge in [0.2, 0.25) is 11.0 Å². The molecular weight excluding hydrogens is 379 g/mol. The second-order valence-electron chi connectivity index (χ2n) is 6.49. The number of hydrogen-bond acceptors (Lipinski definition) is 5. The first kappa shape index (κ1) is 18.2. The highest BCUT2D eigenvalue weighted by molar-refractivity contribution is 7.15. The Kier molecular flexibility index (Phi) is 5.12. The lowest BCUT2D eigenvalue weighted by atomic mass is 10.1. The number of fused-ring (bicyclic) bond motifs is 1. The maximum absolute atomic E-state index is 13.3. The fourth-order valence-corrected chi connectivity index (χ4v) is 3.90. The van der Waals surface area contributed by atoms with Crippen molar-refractivity contribution in [2.24, 2.45) is 0 Å². The highest BCUT2D eigenvalue weighted by Crippen LogP contribution is 2.23. The third-order valence-electron chi connectivity index (χ3n) is 4.46. The van der Waals surface area contributed by atoms with Crippen molar-refractivity contribution in [1.82, 2.24) is 15.1 Å². The number of benzene rings is 2. The Labute approximate surface area is 165 Å². The van der Waals surface area contributed by atoms with Gasteiger partial charge >= 0.3 is 0 Å². The fraction of sp³-hybridized carbons (Fsp3) is 0.200. The molecule has 0 spiro atoms. The molecule has 1 aliphatic rings. The Balaban J connectivity index is 1.29. The number of amides is 2. The van der Waals surface area contributed by atoms with Gasteiger partial charge in [-0.1, -0.05) is 41.7 Å². The molecule has 4 rings (SSSR count). The van der Waals surface area contributed by atoms with Crippen LogP contribution in [0.1, 0.15) is 32.9 Å². The summed E-state index contributed by atoms with van der Waals surface area (Å²) < 4.78 is 13.3. The molecule has 2 amide bonds. The Hall–Kier alpha value is -3.13. The van der Waals surface area contributed by atoms with Crippen LogP contribution in [0.15, 0.2) is 48.5 Å². The van der Waals surface area contributed by atoms with E-state index in [0.29, 0.717) is 35.2 Å². The molecule has 0 saturated carbocycles. The number of rotatable bonds is 6. The highest BCUT2D eigenvalue weighted by atomic mass is 32.1. The number of carbonyl (C=O) groups excluding carboxylic acids is 2. The molecule has 1 aromatic heterocycles. The van der Waals surface area contributed by atoms with Crippen LogP contribution < -0.4 is 5.32 Å². The van der Waals surface area contributed by atoms with E-state index in [1.165, 1.54) is 23.5 Å². The summed E-state index contributed by atoms with van der Waals surface area (Å²) >= 11 is 1.25. The molecule has 1 aliphatic heterocycles. The topological polar surface area (TPSA) is 75.2 Å². The lowest BCUT2D eigenvalue weighted by molar-refractivity contribution is -0.116. The van der Waals surface area contributed by atoms with E-state index >= 15 is 0 Å². The zero-order valence-electron chi connectivity index (χ0n) is 14.9. The molecule has 1 N–H and O–H groups in total. The Bertz CT molecular complexity index is 1040. The van der Waals surface area contributed by atoms with Crippen LogP contribution in [0.3, 0.4) is 0 Å². The van der Waals surface area contributed by atoms with Crippen LogP contribution >= 0.6 is 11.3 Å². The average Bonchev–Trinajstić information content (AvgIpc) is 3.24. The lowest BCUT2D eigenvalue weighted by Crippen LogP contribution is -2.28. The molecule has 142 valence electrons. The van der Waals surface area contributed by atoms with Crippen LogP contribution in [0.25, 0.3) is 0 Å². The van der Waals surface area contributed by atoms with Crippen molar-refractivity contribution in [3.05, 3.63) is 76.0 Å². The van der Waals surface area contributed by atoms with Crippen molar-refractivity contribution < 1.29 is 14.0 Å². The average molecular weight is 396 g/mol. The van der Waals surface area contributed by atoms with Crippen LogP contribution in [0.5, 0.6) is 0 Å². The van der Waals surface area contributed by atoms with Crippen molar-refractivity contribution >= 4 is 28.3 Å². The molecule has 0 bridgehead atoms. The Morgan fingerprint density at radius 3 is 2.86 bits per heavy atom. The molecule has 0 aliphatic carbocycles. The van der Waals surface area contributed by atoms with Gasteiger partial charge in [0.05, 0.1) is 0 Å². The monoisotopic (exact) mass is 396 g/mol. The number of nitrogens with zero attached hydrogens (tertiary/aromatic N) is 3. The van der Waals surface area contributed by atoms with E-state index in [1.807, 2.05) is 24.3 Å². The third kappa shape index (κ3) is 4.07. The van der Waals surface area contributed by atoms with E-state index in [-0.39, 0.29) is 24.1 Å². The summed E-state index contributed by atoms with van der Waals surface area (Å²) in [7, 11) is 0. The first-order valence-electron chi connectivity index (χ1n) is 8.82. The van der Waals surface area contributed by atoms with E-state index in [1.54, 1.807) is 17.0 Å². The maximum Gasteiger partial charge on any atom is 0.254 e. The summed E-state index contributed by atoms with van der Waals surface area (Å²) in [6.07, 6.45) is 0.629. The molecule has 8 heteroatoms. The van der Waals surface area contributed by atoms with Crippen LogP contribution in [-0.4, -0.2) is 33.5 Å². The van der Waals surface area contributed by atoms with Gasteiger partial charge in [-0.05, 0) is 29.3 Å². The summed E-state index contributed by atoms with van der Waals surface area (Å²) in [6, 6.07) is 13.8. The summed E-state index contributed by atoms with van der Waals surface area (Å²) in [4.78, 5) is 26.2. The van der Waals surface area contributed by atoms with Crippen molar-refractivity contribution in [3.63, 3.8) is 0 Å². The fourth-order valence-electron chi connectivity index (χ4n) is 3.11. The quantitative estimate of drug-likeness (QED) is 0.694. The van der Waals surface area contributed by atoms with Gasteiger partial charge in [-0.15, -0.1) is 10.2 Å². The predicted octanol–water partition coefficient (Wildman–Crippen LogP) is 3.25. The minimum atomic E-state index is -0.297. The minimum absolute atomic E-state index is 0.0447. The smallest absolute Gasteiger partial charge is 0.254 e. The molecule has 6 nitrogen and oxygen atoms in total. The zero-order chi connectivity index (χ0) is 19.5. The van der Waals surface area contributed by atoms with Crippen molar-refractivity contribution in [2.75, 3.05) is 11.9 Å². The Morgan fingerprint density at radius 1 is 1.18 bits per heavy atom. The molecule has 0 unspecified atom stereocenters. The number of halogens is 1. The van der Waals surface area contributed by atoms with Gasteiger partial charge < -0.3 is 10.2 Å². The minimum Gasteiger partial charge on any atom is -0.334 e. The van der Waals surface area contributed by atoms with Gasteiger partial charge in [-0.3, -0.25) is 9.59 Å². The van der Waals surface area contributed by atoms with Gasteiger partial charge in [0.25, 0.3) is 5.91 Å². The second-order valence-corrected chi connectivity index (χ2v) is 7.55. The molecule has 28 heavy (non-hydrogen) atoms. The summed E-state index contributed by atoms with van der Waals surface area (Å²) in [5.41, 5.74) is 2.48. The van der Waals surface area contributed by atoms with Crippen LogP contribution in [-0.2, 0) is 17.8 Å². The SMILES string of the molecule is O=C(CCN1Cc2ccccc2C1=O)Nc1nnc(Cc2cccc(F)c2)s1. The van der Waals surface area contributed by atoms with Crippen LogP contribution in [0, 0.1) is 5.82 Å². The van der Waals surface area contributed by atoms with Crippen LogP contribution in [0.4, 0.5) is 9.52 Å². The second kappa shape index (κ2) is 7.85. The van der Waals surface area contributed by atoms with Crippen molar-refractivity contribution in [2.45, 2.75) is 19.4 Å². The first-order valence-corrected chi connectivity index (χ1v) is 9.64. The Morgan fingerprint density at radius 2 is 2.04 bits per heavy atom. The molecule has 0 saturated heterocycles. The van der Waals surface area contributed by atoms with E-state index in [9.17, 15) is 14.0 Å². The molecule has 2 heterocycles. The summed E-state index contributed by atoms with van der Waals surface area (Å²) in [6.45, 7) is 0.868. The summed E-state index contributed by atoms with van der Waals surface area (Å²) in [5.74, 6) is -0.567. The van der Waals surface area contributed by atoms with Crippen molar-refractivity contribution in [3.8, 4) is 0 Å². The largest absolute Gasteiger partial charge is 0.334 e. The number of aromatic nitrogens is 2. The van der Waals surface area contributed by atoms with E-state index < -0.39 is 0 Å². The normalized spacial score (nSPS) is 12.9. The van der Waals surface area contributed by atoms with Gasteiger partial charge in [0.15, 0.2) is 0 Å². The van der Waals surface area contributed by atoms with Gasteiger partial charge in [0.1, 0.15) is 10.8 Å². The molecule has 3 aromatic rings. The van der Waals surface area contributed by atoms with E-state index in [2.05, 4.69) is 15.5 Å². The van der Waals surface area contributed by atoms with Crippen LogP contribution in [0.2, 0.25) is 0 Å². The molecule has 0 radical (unpaired) electrons. The third-order valence-corrected chi connectivity index (χ3v) is 5.30. The number of carbonyl (C=O) groups is 2. The van der Waals surface area contributed by atoms with Crippen molar-refractivity contribution in [1.29, 1.82) is 0 Å². The molecule has 0 atom stereocenters. The molecule has 0 fully saturated rings. The molecular formula is C20H17FN4O2S. The first-order chi connectivity index (χ1) is 13.6.